The predicted octanol–water partition coefficient (Wildman–Crippen LogP) is 3.30. The van der Waals surface area contributed by atoms with Crippen LogP contribution >= 0.6 is 11.3 Å². The third-order valence-corrected chi connectivity index (χ3v) is 5.53. The van der Waals surface area contributed by atoms with E-state index in [-0.39, 0.29) is 11.9 Å². The fraction of sp³-hybridized carbons (Fsp3) is 0.444. The van der Waals surface area contributed by atoms with Gasteiger partial charge in [-0.15, -0.1) is 11.3 Å². The van der Waals surface area contributed by atoms with Crippen LogP contribution in [-0.2, 0) is 0 Å². The molecule has 1 unspecified atom stereocenters. The molecule has 1 aromatic heterocycles. The Balaban J connectivity index is 1.90. The molecule has 1 aromatic carbocycles. The summed E-state index contributed by atoms with van der Waals surface area (Å²) in [4.78, 5) is 20.1. The van der Waals surface area contributed by atoms with E-state index in [0.717, 1.165) is 40.5 Å². The number of carbonyl (C=O) groups is 1. The van der Waals surface area contributed by atoms with Crippen LogP contribution in [0, 0.1) is 20.8 Å². The molecule has 0 aliphatic carbocycles. The lowest BCUT2D eigenvalue weighted by Gasteiger charge is -2.30. The van der Waals surface area contributed by atoms with Crippen molar-refractivity contribution in [2.75, 3.05) is 13.1 Å². The fourth-order valence-electron chi connectivity index (χ4n) is 3.10. The number of nitrogens with zero attached hydrogens (tertiary/aromatic N) is 2. The predicted molar refractivity (Wildman–Crippen MR) is 94.9 cm³/mol. The quantitative estimate of drug-likeness (QED) is 0.919. The van der Waals surface area contributed by atoms with Crippen LogP contribution in [0.5, 0.6) is 0 Å². The minimum atomic E-state index is 0.0752. The molecule has 0 bridgehead atoms. The van der Waals surface area contributed by atoms with Gasteiger partial charge in [-0.3, -0.25) is 4.79 Å². The van der Waals surface area contributed by atoms with Gasteiger partial charge in [0.2, 0.25) is 0 Å². The van der Waals surface area contributed by atoms with Crippen LogP contribution in [0.2, 0.25) is 0 Å². The smallest absolute Gasteiger partial charge is 0.265 e. The zero-order chi connectivity index (χ0) is 16.6. The highest BCUT2D eigenvalue weighted by atomic mass is 32.1. The molecule has 122 valence electrons. The minimum absolute atomic E-state index is 0.0752. The number of benzene rings is 1. The Morgan fingerprint density at radius 2 is 2.13 bits per heavy atom. The van der Waals surface area contributed by atoms with Gasteiger partial charge in [-0.05, 0) is 39.2 Å². The second-order valence-electron chi connectivity index (χ2n) is 6.41. The summed E-state index contributed by atoms with van der Waals surface area (Å²) in [6, 6.07) is 6.43. The molecular weight excluding hydrogens is 306 g/mol. The summed E-state index contributed by atoms with van der Waals surface area (Å²) < 4.78 is 0. The lowest BCUT2D eigenvalue weighted by molar-refractivity contribution is 0.0713. The zero-order valence-electron chi connectivity index (χ0n) is 13.9. The number of hydrogen-bond acceptors (Lipinski definition) is 4. The number of rotatable bonds is 2. The van der Waals surface area contributed by atoms with Gasteiger partial charge in [0.25, 0.3) is 5.91 Å². The molecule has 23 heavy (non-hydrogen) atoms. The van der Waals surface area contributed by atoms with Crippen LogP contribution in [0.15, 0.2) is 18.2 Å². The molecule has 2 N–H and O–H groups in total. The van der Waals surface area contributed by atoms with E-state index in [1.54, 1.807) is 0 Å². The van der Waals surface area contributed by atoms with Crippen molar-refractivity contribution in [1.29, 1.82) is 0 Å². The van der Waals surface area contributed by atoms with E-state index in [9.17, 15) is 4.79 Å². The molecule has 1 amide bonds. The topological polar surface area (TPSA) is 59.2 Å². The van der Waals surface area contributed by atoms with Crippen LogP contribution in [0.3, 0.4) is 0 Å². The first kappa shape index (κ1) is 16.1. The van der Waals surface area contributed by atoms with Crippen molar-refractivity contribution in [2.24, 2.45) is 5.73 Å². The molecular formula is C18H23N3OS. The van der Waals surface area contributed by atoms with Crippen LogP contribution in [0.1, 0.15) is 39.3 Å². The first-order valence-corrected chi connectivity index (χ1v) is 8.87. The summed E-state index contributed by atoms with van der Waals surface area (Å²) in [5.74, 6) is 0.0752. The monoisotopic (exact) mass is 329 g/mol. The summed E-state index contributed by atoms with van der Waals surface area (Å²) >= 11 is 1.49. The average Bonchev–Trinajstić information content (AvgIpc) is 2.88. The summed E-state index contributed by atoms with van der Waals surface area (Å²) in [5.41, 5.74) is 10.4. The normalized spacial score (nSPS) is 18.3. The van der Waals surface area contributed by atoms with E-state index in [1.807, 2.05) is 11.8 Å². The summed E-state index contributed by atoms with van der Waals surface area (Å²) in [6.07, 6.45) is 1.98. The van der Waals surface area contributed by atoms with E-state index in [0.29, 0.717) is 6.54 Å². The Labute approximate surface area is 141 Å². The second kappa shape index (κ2) is 6.42. The van der Waals surface area contributed by atoms with Gasteiger partial charge in [-0.1, -0.05) is 23.8 Å². The van der Waals surface area contributed by atoms with Gasteiger partial charge in [0.05, 0.1) is 5.69 Å². The molecule has 1 aliphatic heterocycles. The summed E-state index contributed by atoms with van der Waals surface area (Å²) in [6.45, 7) is 7.53. The number of nitrogens with two attached hydrogens (primary N) is 1. The molecule has 1 atom stereocenters. The number of carbonyl (C=O) groups excluding carboxylic acids is 1. The highest BCUT2D eigenvalue weighted by Gasteiger charge is 2.26. The minimum Gasteiger partial charge on any atom is -0.336 e. The number of thiazole rings is 1. The molecule has 2 heterocycles. The maximum absolute atomic E-state index is 12.8. The third-order valence-electron chi connectivity index (χ3n) is 4.35. The molecule has 3 rings (SSSR count). The lowest BCUT2D eigenvalue weighted by Crippen LogP contribution is -2.45. The first-order valence-electron chi connectivity index (χ1n) is 8.05. The number of aromatic nitrogens is 1. The van der Waals surface area contributed by atoms with Crippen LogP contribution < -0.4 is 5.73 Å². The van der Waals surface area contributed by atoms with Crippen molar-refractivity contribution < 1.29 is 4.79 Å². The van der Waals surface area contributed by atoms with Crippen LogP contribution in [-0.4, -0.2) is 34.9 Å². The van der Waals surface area contributed by atoms with Crippen molar-refractivity contribution in [2.45, 2.75) is 39.7 Å². The molecule has 0 spiro atoms. The Bertz CT molecular complexity index is 738. The van der Waals surface area contributed by atoms with Crippen molar-refractivity contribution in [3.63, 3.8) is 0 Å². The van der Waals surface area contributed by atoms with Gasteiger partial charge >= 0.3 is 0 Å². The van der Waals surface area contributed by atoms with Crippen LogP contribution in [0.25, 0.3) is 10.6 Å². The molecule has 4 nitrogen and oxygen atoms in total. The van der Waals surface area contributed by atoms with Gasteiger partial charge in [0, 0.05) is 24.7 Å². The van der Waals surface area contributed by atoms with E-state index in [2.05, 4.69) is 37.0 Å². The number of amides is 1. The van der Waals surface area contributed by atoms with Crippen molar-refractivity contribution in [3.05, 3.63) is 39.9 Å². The summed E-state index contributed by atoms with van der Waals surface area (Å²) in [5, 5.41) is 0.921. The van der Waals surface area contributed by atoms with Gasteiger partial charge in [-0.2, -0.15) is 0 Å². The van der Waals surface area contributed by atoms with Crippen molar-refractivity contribution in [1.82, 2.24) is 9.88 Å². The zero-order valence-corrected chi connectivity index (χ0v) is 14.7. The largest absolute Gasteiger partial charge is 0.336 e. The Morgan fingerprint density at radius 3 is 2.83 bits per heavy atom. The van der Waals surface area contributed by atoms with Crippen LogP contribution in [0.4, 0.5) is 0 Å². The number of aryl methyl sites for hydroxylation is 3. The standard InChI is InChI=1S/C18H23N3OS/c1-11-6-7-15(12(2)9-11)17-20-13(3)16(23-17)18(22)21-8-4-5-14(19)10-21/h6-7,9,14H,4-5,8,10,19H2,1-3H3. The van der Waals surface area contributed by atoms with Crippen molar-refractivity contribution in [3.8, 4) is 10.6 Å². The number of likely N-dealkylation sites (tertiary alicyclic amines) is 1. The van der Waals surface area contributed by atoms with Crippen molar-refractivity contribution >= 4 is 17.2 Å². The van der Waals surface area contributed by atoms with E-state index in [1.165, 1.54) is 22.5 Å². The maximum atomic E-state index is 12.8. The first-order chi connectivity index (χ1) is 11.0. The second-order valence-corrected chi connectivity index (χ2v) is 7.40. The number of hydrogen-bond donors (Lipinski definition) is 1. The Morgan fingerprint density at radius 1 is 1.35 bits per heavy atom. The molecule has 2 aromatic rings. The Hall–Kier alpha value is -1.72. The van der Waals surface area contributed by atoms with Gasteiger partial charge < -0.3 is 10.6 Å². The molecule has 0 saturated carbocycles. The fourth-order valence-corrected chi connectivity index (χ4v) is 4.23. The molecule has 0 radical (unpaired) electrons. The SMILES string of the molecule is Cc1ccc(-c2nc(C)c(C(=O)N3CCCC(N)C3)s2)c(C)c1. The molecule has 1 saturated heterocycles. The Kier molecular flexibility index (Phi) is 4.50. The number of piperidine rings is 1. The third kappa shape index (κ3) is 3.31. The molecule has 5 heteroatoms. The highest BCUT2D eigenvalue weighted by molar-refractivity contribution is 7.17. The van der Waals surface area contributed by atoms with Gasteiger partial charge in [0.1, 0.15) is 9.88 Å². The van der Waals surface area contributed by atoms with E-state index < -0.39 is 0 Å². The molecule has 1 fully saturated rings. The lowest BCUT2D eigenvalue weighted by atomic mass is 10.1. The van der Waals surface area contributed by atoms with E-state index in [4.69, 9.17) is 5.73 Å². The molecule has 1 aliphatic rings. The average molecular weight is 329 g/mol. The highest BCUT2D eigenvalue weighted by Crippen LogP contribution is 2.31. The van der Waals surface area contributed by atoms with E-state index >= 15 is 0 Å². The van der Waals surface area contributed by atoms with Gasteiger partial charge in [-0.25, -0.2) is 4.98 Å². The maximum Gasteiger partial charge on any atom is 0.265 e. The van der Waals surface area contributed by atoms with Gasteiger partial charge in [0.15, 0.2) is 0 Å². The summed E-state index contributed by atoms with van der Waals surface area (Å²) in [7, 11) is 0.